The number of hydrogen-bond donors (Lipinski definition) is 2. The van der Waals surface area contributed by atoms with Crippen molar-refractivity contribution in [3.8, 4) is 0 Å². The van der Waals surface area contributed by atoms with E-state index in [0.717, 1.165) is 5.76 Å². The quantitative estimate of drug-likeness (QED) is 0.741. The molecule has 1 heterocycles. The smallest absolute Gasteiger partial charge is 0.303 e. The molecule has 0 radical (unpaired) electrons. The average molecular weight is 265 g/mol. The molecule has 104 valence electrons. The highest BCUT2D eigenvalue weighted by atomic mass is 16.4. The molecule has 0 bridgehead atoms. The number of hydrogen-bond acceptors (Lipinski definition) is 3. The molecule has 0 fully saturated rings. The lowest BCUT2D eigenvalue weighted by atomic mass is 10.0. The number of aryl methyl sites for hydroxylation is 1. The zero-order chi connectivity index (χ0) is 14.3. The van der Waals surface area contributed by atoms with E-state index < -0.39 is 5.97 Å². The van der Waals surface area contributed by atoms with Crippen LogP contribution in [0, 0.1) is 12.8 Å². The van der Waals surface area contributed by atoms with Crippen LogP contribution in [-0.2, 0) is 9.59 Å². The largest absolute Gasteiger partial charge is 0.481 e. The molecule has 2 N–H and O–H groups in total. The third kappa shape index (κ3) is 5.90. The Labute approximate surface area is 112 Å². The van der Waals surface area contributed by atoms with Crippen molar-refractivity contribution in [3.05, 3.63) is 29.7 Å². The molecule has 1 rings (SSSR count). The number of nitrogens with one attached hydrogen (secondary N) is 1. The maximum absolute atomic E-state index is 11.5. The second-order valence-electron chi connectivity index (χ2n) is 4.40. The van der Waals surface area contributed by atoms with Crippen molar-refractivity contribution >= 4 is 18.0 Å². The van der Waals surface area contributed by atoms with Gasteiger partial charge in [0, 0.05) is 19.0 Å². The summed E-state index contributed by atoms with van der Waals surface area (Å²) in [6.45, 7) is 4.10. The molecular weight excluding hydrogens is 246 g/mol. The summed E-state index contributed by atoms with van der Waals surface area (Å²) in [6, 6.07) is 3.59. The van der Waals surface area contributed by atoms with E-state index in [1.807, 2.05) is 19.9 Å². The highest BCUT2D eigenvalue weighted by molar-refractivity contribution is 5.91. The minimum Gasteiger partial charge on any atom is -0.481 e. The van der Waals surface area contributed by atoms with Crippen molar-refractivity contribution in [2.24, 2.45) is 5.92 Å². The van der Waals surface area contributed by atoms with E-state index in [2.05, 4.69) is 5.32 Å². The van der Waals surface area contributed by atoms with Gasteiger partial charge in [-0.15, -0.1) is 0 Å². The SMILES string of the molecule is CCC(CNC(=O)/C=C/c1ccc(C)o1)CC(=O)O. The Morgan fingerprint density at radius 1 is 1.47 bits per heavy atom. The van der Waals surface area contributed by atoms with Gasteiger partial charge in [0.15, 0.2) is 0 Å². The van der Waals surface area contributed by atoms with Gasteiger partial charge >= 0.3 is 5.97 Å². The molecule has 1 aromatic heterocycles. The fourth-order valence-corrected chi connectivity index (χ4v) is 1.61. The van der Waals surface area contributed by atoms with Crippen molar-refractivity contribution in [3.63, 3.8) is 0 Å². The molecule has 1 amide bonds. The number of carbonyl (C=O) groups excluding carboxylic acids is 1. The number of amides is 1. The lowest BCUT2D eigenvalue weighted by Gasteiger charge is -2.12. The molecule has 1 aromatic rings. The number of carboxylic acids is 1. The number of rotatable bonds is 7. The van der Waals surface area contributed by atoms with Crippen LogP contribution in [0.3, 0.4) is 0 Å². The lowest BCUT2D eigenvalue weighted by molar-refractivity contribution is -0.138. The van der Waals surface area contributed by atoms with E-state index >= 15 is 0 Å². The predicted molar refractivity (Wildman–Crippen MR) is 71.5 cm³/mol. The maximum atomic E-state index is 11.5. The van der Waals surface area contributed by atoms with Gasteiger partial charge in [-0.3, -0.25) is 9.59 Å². The normalized spacial score (nSPS) is 12.5. The van der Waals surface area contributed by atoms with E-state index in [-0.39, 0.29) is 18.2 Å². The molecule has 0 aromatic carbocycles. The van der Waals surface area contributed by atoms with Crippen LogP contribution in [0.2, 0.25) is 0 Å². The van der Waals surface area contributed by atoms with E-state index in [1.165, 1.54) is 6.08 Å². The first-order chi connectivity index (χ1) is 9.01. The van der Waals surface area contributed by atoms with Crippen LogP contribution in [0.1, 0.15) is 31.3 Å². The zero-order valence-electron chi connectivity index (χ0n) is 11.2. The van der Waals surface area contributed by atoms with Gasteiger partial charge in [-0.2, -0.15) is 0 Å². The summed E-state index contributed by atoms with van der Waals surface area (Å²) < 4.78 is 5.29. The van der Waals surface area contributed by atoms with Crippen LogP contribution in [-0.4, -0.2) is 23.5 Å². The second-order valence-corrected chi connectivity index (χ2v) is 4.40. The van der Waals surface area contributed by atoms with Crippen molar-refractivity contribution in [2.75, 3.05) is 6.54 Å². The molecule has 19 heavy (non-hydrogen) atoms. The Hall–Kier alpha value is -2.04. The van der Waals surface area contributed by atoms with E-state index in [4.69, 9.17) is 9.52 Å². The van der Waals surface area contributed by atoms with Gasteiger partial charge in [0.2, 0.25) is 5.91 Å². The van der Waals surface area contributed by atoms with Crippen LogP contribution in [0.4, 0.5) is 0 Å². The van der Waals surface area contributed by atoms with Gasteiger partial charge in [0.25, 0.3) is 0 Å². The average Bonchev–Trinajstić information content (AvgIpc) is 2.77. The monoisotopic (exact) mass is 265 g/mol. The molecule has 0 saturated heterocycles. The summed E-state index contributed by atoms with van der Waals surface area (Å²) in [5.41, 5.74) is 0. The van der Waals surface area contributed by atoms with Crippen LogP contribution >= 0.6 is 0 Å². The van der Waals surface area contributed by atoms with Crippen LogP contribution in [0.25, 0.3) is 6.08 Å². The van der Waals surface area contributed by atoms with Gasteiger partial charge in [-0.05, 0) is 31.1 Å². The van der Waals surface area contributed by atoms with Gasteiger partial charge in [-0.1, -0.05) is 13.3 Å². The summed E-state index contributed by atoms with van der Waals surface area (Å²) in [4.78, 5) is 22.1. The third-order valence-electron chi connectivity index (χ3n) is 2.77. The first-order valence-corrected chi connectivity index (χ1v) is 6.25. The minimum atomic E-state index is -0.845. The fraction of sp³-hybridized carbons (Fsp3) is 0.429. The highest BCUT2D eigenvalue weighted by Gasteiger charge is 2.11. The van der Waals surface area contributed by atoms with Crippen molar-refractivity contribution < 1.29 is 19.1 Å². The van der Waals surface area contributed by atoms with Crippen molar-refractivity contribution in [2.45, 2.75) is 26.7 Å². The van der Waals surface area contributed by atoms with Gasteiger partial charge in [-0.25, -0.2) is 0 Å². The van der Waals surface area contributed by atoms with Crippen molar-refractivity contribution in [1.29, 1.82) is 0 Å². The minimum absolute atomic E-state index is 0.0410. The molecule has 1 unspecified atom stereocenters. The van der Waals surface area contributed by atoms with E-state index in [1.54, 1.807) is 12.1 Å². The summed E-state index contributed by atoms with van der Waals surface area (Å²) in [5.74, 6) is 0.263. The number of aliphatic carboxylic acids is 1. The van der Waals surface area contributed by atoms with Crippen molar-refractivity contribution in [1.82, 2.24) is 5.32 Å². The Morgan fingerprint density at radius 3 is 2.74 bits per heavy atom. The Balaban J connectivity index is 2.38. The first-order valence-electron chi connectivity index (χ1n) is 6.25. The molecule has 0 spiro atoms. The highest BCUT2D eigenvalue weighted by Crippen LogP contribution is 2.08. The molecule has 1 atom stereocenters. The summed E-state index contributed by atoms with van der Waals surface area (Å²) >= 11 is 0. The molecule has 0 aliphatic heterocycles. The topological polar surface area (TPSA) is 79.5 Å². The first kappa shape index (κ1) is 15.0. The molecule has 0 aliphatic rings. The standard InChI is InChI=1S/C14H19NO4/c1-3-11(8-14(17)18)9-15-13(16)7-6-12-5-4-10(2)19-12/h4-7,11H,3,8-9H2,1-2H3,(H,15,16)(H,17,18)/b7-6+. The zero-order valence-corrected chi connectivity index (χ0v) is 11.2. The van der Waals surface area contributed by atoms with Crippen LogP contribution in [0.5, 0.6) is 0 Å². The number of carboxylic acid groups (broad SMARTS) is 1. The fourth-order valence-electron chi connectivity index (χ4n) is 1.61. The summed E-state index contributed by atoms with van der Waals surface area (Å²) in [6.07, 6.45) is 3.75. The number of furan rings is 1. The predicted octanol–water partition coefficient (Wildman–Crippen LogP) is 2.22. The maximum Gasteiger partial charge on any atom is 0.303 e. The van der Waals surface area contributed by atoms with Crippen LogP contribution < -0.4 is 5.32 Å². The molecule has 0 saturated carbocycles. The Morgan fingerprint density at radius 2 is 2.21 bits per heavy atom. The molecule has 0 aliphatic carbocycles. The van der Waals surface area contributed by atoms with E-state index in [9.17, 15) is 9.59 Å². The number of carbonyl (C=O) groups is 2. The Kier molecular flexibility index (Phi) is 5.85. The molecule has 5 nitrogen and oxygen atoms in total. The van der Waals surface area contributed by atoms with Gasteiger partial charge in [0.05, 0.1) is 0 Å². The lowest BCUT2D eigenvalue weighted by Crippen LogP contribution is -2.28. The molecular formula is C14H19NO4. The van der Waals surface area contributed by atoms with Gasteiger partial charge in [0.1, 0.15) is 11.5 Å². The second kappa shape index (κ2) is 7.41. The third-order valence-corrected chi connectivity index (χ3v) is 2.77. The summed E-state index contributed by atoms with van der Waals surface area (Å²) in [7, 11) is 0. The van der Waals surface area contributed by atoms with Gasteiger partial charge < -0.3 is 14.8 Å². The van der Waals surface area contributed by atoms with Crippen LogP contribution in [0.15, 0.2) is 22.6 Å². The molecule has 5 heteroatoms. The van der Waals surface area contributed by atoms with E-state index in [0.29, 0.717) is 18.7 Å². The summed E-state index contributed by atoms with van der Waals surface area (Å²) in [5, 5.41) is 11.4. The Bertz CT molecular complexity index is 462.